The molecule has 2 aromatic rings. The summed E-state index contributed by atoms with van der Waals surface area (Å²) in [5.41, 5.74) is 2.18. The van der Waals surface area contributed by atoms with Crippen LogP contribution < -0.4 is 10.2 Å². The van der Waals surface area contributed by atoms with Crippen molar-refractivity contribution in [1.82, 2.24) is 4.90 Å². The van der Waals surface area contributed by atoms with Crippen LogP contribution >= 0.6 is 0 Å². The molecule has 144 valence electrons. The lowest BCUT2D eigenvalue weighted by atomic mass is 10.0. The summed E-state index contributed by atoms with van der Waals surface area (Å²) in [5.74, 6) is -0.548. The van der Waals surface area contributed by atoms with E-state index < -0.39 is 5.82 Å². The number of rotatable bonds is 8. The van der Waals surface area contributed by atoms with Gasteiger partial charge in [-0.05, 0) is 50.2 Å². The molecule has 1 heterocycles. The first-order valence-corrected chi connectivity index (χ1v) is 9.76. The molecule has 0 radical (unpaired) electrons. The van der Waals surface area contributed by atoms with Crippen molar-refractivity contribution in [1.29, 1.82) is 0 Å². The average molecular weight is 369 g/mol. The average Bonchev–Trinajstić information content (AvgIpc) is 2.69. The number of nitrogens with one attached hydrogen (secondary N) is 1. The van der Waals surface area contributed by atoms with E-state index in [1.165, 1.54) is 11.8 Å². The normalized spacial score (nSPS) is 15.0. The minimum absolute atomic E-state index is 0.113. The molecule has 1 aliphatic heterocycles. The molecule has 0 amide bonds. The summed E-state index contributed by atoms with van der Waals surface area (Å²) in [6.45, 7) is 7.55. The third-order valence-electron chi connectivity index (χ3n) is 5.02. The van der Waals surface area contributed by atoms with Gasteiger partial charge in [0.1, 0.15) is 5.82 Å². The number of carbonyl (C=O) groups is 1. The highest BCUT2D eigenvalue weighted by atomic mass is 19.1. The standard InChI is InChI=1S/C22H28FN3O/c1-2-24-18-10-11-20(21(23)17-18)22(27)9-6-12-25-13-15-26(16-14-25)19-7-4-3-5-8-19/h3-5,7-8,10-11,17,24H,2,6,9,12-16H2,1H3. The van der Waals surface area contributed by atoms with Gasteiger partial charge in [-0.15, -0.1) is 0 Å². The highest BCUT2D eigenvalue weighted by molar-refractivity contribution is 5.96. The molecular weight excluding hydrogens is 341 g/mol. The molecule has 1 aliphatic rings. The monoisotopic (exact) mass is 369 g/mol. The molecule has 0 bridgehead atoms. The lowest BCUT2D eigenvalue weighted by Crippen LogP contribution is -2.46. The van der Waals surface area contributed by atoms with Crippen LogP contribution in [0.4, 0.5) is 15.8 Å². The van der Waals surface area contributed by atoms with Crippen LogP contribution in [0.25, 0.3) is 0 Å². The van der Waals surface area contributed by atoms with Crippen molar-refractivity contribution in [3.8, 4) is 0 Å². The molecule has 3 rings (SSSR count). The highest BCUT2D eigenvalue weighted by Crippen LogP contribution is 2.18. The van der Waals surface area contributed by atoms with Crippen molar-refractivity contribution < 1.29 is 9.18 Å². The largest absolute Gasteiger partial charge is 0.385 e. The SMILES string of the molecule is CCNc1ccc(C(=O)CCCN2CCN(c3ccccc3)CC2)c(F)c1. The second-order valence-electron chi connectivity index (χ2n) is 6.92. The molecule has 1 N–H and O–H groups in total. The number of anilines is 2. The fourth-order valence-electron chi connectivity index (χ4n) is 3.52. The molecule has 0 unspecified atom stereocenters. The van der Waals surface area contributed by atoms with Crippen molar-refractivity contribution in [2.75, 3.05) is 49.5 Å². The van der Waals surface area contributed by atoms with E-state index in [1.807, 2.05) is 13.0 Å². The molecule has 1 fully saturated rings. The van der Waals surface area contributed by atoms with Crippen LogP contribution in [-0.2, 0) is 0 Å². The third kappa shape index (κ3) is 5.30. The Balaban J connectivity index is 1.42. The topological polar surface area (TPSA) is 35.6 Å². The van der Waals surface area contributed by atoms with Gasteiger partial charge in [-0.25, -0.2) is 4.39 Å². The van der Waals surface area contributed by atoms with Crippen molar-refractivity contribution in [2.45, 2.75) is 19.8 Å². The van der Waals surface area contributed by atoms with Crippen molar-refractivity contribution in [2.24, 2.45) is 0 Å². The molecule has 0 aliphatic carbocycles. The van der Waals surface area contributed by atoms with Crippen LogP contribution in [0.3, 0.4) is 0 Å². The molecule has 0 aromatic heterocycles. The smallest absolute Gasteiger partial charge is 0.165 e. The number of piperazine rings is 1. The van der Waals surface area contributed by atoms with E-state index >= 15 is 0 Å². The Hall–Kier alpha value is -2.40. The number of halogens is 1. The van der Waals surface area contributed by atoms with Crippen molar-refractivity contribution in [3.05, 3.63) is 59.9 Å². The Kier molecular flexibility index (Phi) is 6.82. The third-order valence-corrected chi connectivity index (χ3v) is 5.02. The van der Waals surface area contributed by atoms with E-state index in [-0.39, 0.29) is 11.3 Å². The number of benzene rings is 2. The van der Waals surface area contributed by atoms with Crippen molar-refractivity contribution in [3.63, 3.8) is 0 Å². The first-order chi connectivity index (χ1) is 13.2. The van der Waals surface area contributed by atoms with Crippen LogP contribution in [0.15, 0.2) is 48.5 Å². The maximum absolute atomic E-state index is 14.1. The van der Waals surface area contributed by atoms with Gasteiger partial charge in [0.25, 0.3) is 0 Å². The first-order valence-electron chi connectivity index (χ1n) is 9.76. The van der Waals surface area contributed by atoms with Crippen LogP contribution in [0.5, 0.6) is 0 Å². The summed E-state index contributed by atoms with van der Waals surface area (Å²) in [6.07, 6.45) is 1.15. The molecule has 27 heavy (non-hydrogen) atoms. The Labute approximate surface area is 161 Å². The van der Waals surface area contributed by atoms with Crippen LogP contribution in [0.2, 0.25) is 0 Å². The number of para-hydroxylation sites is 1. The first kappa shape index (κ1) is 19.4. The van der Waals surface area contributed by atoms with Crippen LogP contribution in [0.1, 0.15) is 30.1 Å². The summed E-state index contributed by atoms with van der Waals surface area (Å²) in [6, 6.07) is 15.2. The van der Waals surface area contributed by atoms with E-state index in [2.05, 4.69) is 39.4 Å². The minimum atomic E-state index is -0.435. The summed E-state index contributed by atoms with van der Waals surface area (Å²) in [5, 5.41) is 3.05. The predicted octanol–water partition coefficient (Wildman–Crippen LogP) is 4.04. The molecular formula is C22H28FN3O. The van der Waals surface area contributed by atoms with Gasteiger partial charge < -0.3 is 10.2 Å². The van der Waals surface area contributed by atoms with E-state index in [0.29, 0.717) is 12.1 Å². The number of carbonyl (C=O) groups excluding carboxylic acids is 1. The van der Waals surface area contributed by atoms with Gasteiger partial charge in [-0.2, -0.15) is 0 Å². The quantitative estimate of drug-likeness (QED) is 0.713. The zero-order valence-corrected chi connectivity index (χ0v) is 16.0. The predicted molar refractivity (Wildman–Crippen MR) is 109 cm³/mol. The second-order valence-corrected chi connectivity index (χ2v) is 6.92. The van der Waals surface area contributed by atoms with Gasteiger partial charge >= 0.3 is 0 Å². The lowest BCUT2D eigenvalue weighted by Gasteiger charge is -2.36. The molecule has 0 spiro atoms. The zero-order valence-electron chi connectivity index (χ0n) is 16.0. The maximum atomic E-state index is 14.1. The van der Waals surface area contributed by atoms with Gasteiger partial charge in [0, 0.05) is 50.5 Å². The lowest BCUT2D eigenvalue weighted by molar-refractivity contribution is 0.0970. The minimum Gasteiger partial charge on any atom is -0.385 e. The molecule has 0 atom stereocenters. The molecule has 0 saturated carbocycles. The van der Waals surface area contributed by atoms with Gasteiger partial charge in [0.2, 0.25) is 0 Å². The maximum Gasteiger partial charge on any atom is 0.165 e. The van der Waals surface area contributed by atoms with Gasteiger partial charge in [-0.1, -0.05) is 18.2 Å². The fraction of sp³-hybridized carbons (Fsp3) is 0.409. The summed E-state index contributed by atoms with van der Waals surface area (Å²) in [4.78, 5) is 17.1. The Bertz CT molecular complexity index is 742. The number of nitrogens with zero attached hydrogens (tertiary/aromatic N) is 2. The van der Waals surface area contributed by atoms with Crippen LogP contribution in [0, 0.1) is 5.82 Å². The Morgan fingerprint density at radius 1 is 1.07 bits per heavy atom. The Morgan fingerprint density at radius 3 is 2.48 bits per heavy atom. The molecule has 2 aromatic carbocycles. The van der Waals surface area contributed by atoms with E-state index in [4.69, 9.17) is 0 Å². The highest BCUT2D eigenvalue weighted by Gasteiger charge is 2.18. The van der Waals surface area contributed by atoms with Crippen LogP contribution in [-0.4, -0.2) is 50.0 Å². The molecule has 4 nitrogen and oxygen atoms in total. The van der Waals surface area contributed by atoms with Gasteiger partial charge in [0.15, 0.2) is 5.78 Å². The van der Waals surface area contributed by atoms with E-state index in [0.717, 1.165) is 45.7 Å². The van der Waals surface area contributed by atoms with Gasteiger partial charge in [0.05, 0.1) is 5.56 Å². The number of Topliss-reactive ketones (excluding diaryl/α,β-unsaturated/α-hetero) is 1. The summed E-state index contributed by atoms with van der Waals surface area (Å²) < 4.78 is 14.1. The number of hydrogen-bond donors (Lipinski definition) is 1. The number of hydrogen-bond acceptors (Lipinski definition) is 4. The summed E-state index contributed by atoms with van der Waals surface area (Å²) >= 11 is 0. The second kappa shape index (κ2) is 9.51. The van der Waals surface area contributed by atoms with Gasteiger partial charge in [-0.3, -0.25) is 9.69 Å². The summed E-state index contributed by atoms with van der Waals surface area (Å²) in [7, 11) is 0. The Morgan fingerprint density at radius 2 is 1.81 bits per heavy atom. The molecule has 5 heteroatoms. The zero-order chi connectivity index (χ0) is 19.1. The fourth-order valence-corrected chi connectivity index (χ4v) is 3.52. The van der Waals surface area contributed by atoms with E-state index in [1.54, 1.807) is 12.1 Å². The van der Waals surface area contributed by atoms with Crippen molar-refractivity contribution >= 4 is 17.2 Å². The molecule has 1 saturated heterocycles. The van der Waals surface area contributed by atoms with E-state index in [9.17, 15) is 9.18 Å². The number of ketones is 1.